The Bertz CT molecular complexity index is 1240. The van der Waals surface area contributed by atoms with Gasteiger partial charge in [0.2, 0.25) is 0 Å². The highest BCUT2D eigenvalue weighted by Gasteiger charge is 2.19. The predicted molar refractivity (Wildman–Crippen MR) is 270 cm³/mol. The summed E-state index contributed by atoms with van der Waals surface area (Å²) in [5, 5.41) is 0. The number of unbranched alkanes of at least 4 members (excludes halogenated alkanes) is 21. The summed E-state index contributed by atoms with van der Waals surface area (Å²) in [4.78, 5) is 38.0. The minimum absolute atomic E-state index is 0.104. The maximum absolute atomic E-state index is 12.8. The molecule has 0 heterocycles. The van der Waals surface area contributed by atoms with Gasteiger partial charge in [-0.05, 0) is 116 Å². The molecule has 6 nitrogen and oxygen atoms in total. The standard InChI is InChI=1S/C57H96O6/c1-4-7-10-13-16-19-22-25-27-28-30-32-35-38-41-44-47-50-56(59)62-53-54(52-61-55(58)49-46-43-40-37-34-31-24-21-18-15-12-9-6-3)63-57(60)51-48-45-42-39-36-33-29-26-23-20-17-14-11-8-5-2/h16-17,19-21,24-27,29-30,32,38,41,54H,4-15,18,22-23,28,31,33-37,39-40,42-53H2,1-3H3/b19-16+,20-17+,24-21+,27-25+,29-26+,32-30+,41-38+/t54-/m1/s1. The molecule has 0 unspecified atom stereocenters. The van der Waals surface area contributed by atoms with E-state index in [4.69, 9.17) is 14.2 Å². The molecule has 6 heteroatoms. The van der Waals surface area contributed by atoms with E-state index in [1.807, 2.05) is 0 Å². The molecule has 0 radical (unpaired) electrons. The zero-order chi connectivity index (χ0) is 45.8. The highest BCUT2D eigenvalue weighted by atomic mass is 16.6. The molecule has 0 aliphatic carbocycles. The van der Waals surface area contributed by atoms with Gasteiger partial charge in [0.05, 0.1) is 0 Å². The van der Waals surface area contributed by atoms with Gasteiger partial charge in [0.15, 0.2) is 6.10 Å². The number of hydrogen-bond acceptors (Lipinski definition) is 6. The van der Waals surface area contributed by atoms with Crippen molar-refractivity contribution in [3.8, 4) is 0 Å². The monoisotopic (exact) mass is 877 g/mol. The second kappa shape index (κ2) is 51.2. The maximum Gasteiger partial charge on any atom is 0.306 e. The Labute approximate surface area is 388 Å². The molecule has 0 aromatic heterocycles. The molecule has 1 atom stereocenters. The van der Waals surface area contributed by atoms with E-state index < -0.39 is 6.10 Å². The van der Waals surface area contributed by atoms with Crippen molar-refractivity contribution in [2.75, 3.05) is 13.2 Å². The van der Waals surface area contributed by atoms with Gasteiger partial charge in [-0.25, -0.2) is 0 Å². The lowest BCUT2D eigenvalue weighted by atomic mass is 10.1. The SMILES string of the molecule is CCCCC/C=C/C/C=C/C/C=C/C/C=C/CCCC(=O)OC[C@@H](COC(=O)CCCCCCC/C=C/CCCCCC)OC(=O)CCCCCCC/C=C/C/C=C/CCCCC. The maximum atomic E-state index is 12.8. The molecule has 0 aliphatic rings. The molecule has 63 heavy (non-hydrogen) atoms. The van der Waals surface area contributed by atoms with Gasteiger partial charge >= 0.3 is 17.9 Å². The molecule has 360 valence electrons. The first-order valence-corrected chi connectivity index (χ1v) is 26.1. The van der Waals surface area contributed by atoms with Crippen LogP contribution in [0.5, 0.6) is 0 Å². The van der Waals surface area contributed by atoms with Gasteiger partial charge in [-0.2, -0.15) is 0 Å². The fourth-order valence-corrected chi connectivity index (χ4v) is 6.87. The minimum atomic E-state index is -0.809. The fraction of sp³-hybridized carbons (Fsp3) is 0.702. The van der Waals surface area contributed by atoms with Crippen LogP contribution >= 0.6 is 0 Å². The molecule has 0 saturated carbocycles. The van der Waals surface area contributed by atoms with E-state index >= 15 is 0 Å². The van der Waals surface area contributed by atoms with Crippen LogP contribution in [-0.4, -0.2) is 37.2 Å². The third-order valence-electron chi connectivity index (χ3n) is 10.8. The smallest absolute Gasteiger partial charge is 0.306 e. The van der Waals surface area contributed by atoms with E-state index in [1.54, 1.807) is 0 Å². The van der Waals surface area contributed by atoms with Crippen molar-refractivity contribution in [3.63, 3.8) is 0 Å². The first kappa shape index (κ1) is 59.6. The number of carbonyl (C=O) groups excluding carboxylic acids is 3. The summed E-state index contributed by atoms with van der Waals surface area (Å²) in [5.41, 5.74) is 0. The quantitative estimate of drug-likeness (QED) is 0.0262. The number of esters is 3. The van der Waals surface area contributed by atoms with Crippen molar-refractivity contribution >= 4 is 17.9 Å². The number of ether oxygens (including phenoxy) is 3. The summed E-state index contributed by atoms with van der Waals surface area (Å²) in [5.74, 6) is -0.986. The van der Waals surface area contributed by atoms with E-state index in [2.05, 4.69) is 106 Å². The van der Waals surface area contributed by atoms with E-state index in [-0.39, 0.29) is 37.5 Å². The Hall–Kier alpha value is -3.41. The molecule has 0 saturated heterocycles. The zero-order valence-corrected chi connectivity index (χ0v) is 41.1. The van der Waals surface area contributed by atoms with E-state index in [0.717, 1.165) is 103 Å². The second-order valence-corrected chi connectivity index (χ2v) is 17.1. The number of rotatable bonds is 46. The topological polar surface area (TPSA) is 78.9 Å². The molecular weight excluding hydrogens is 781 g/mol. The van der Waals surface area contributed by atoms with Crippen LogP contribution in [0.2, 0.25) is 0 Å². The largest absolute Gasteiger partial charge is 0.462 e. The van der Waals surface area contributed by atoms with Crippen LogP contribution in [0.4, 0.5) is 0 Å². The van der Waals surface area contributed by atoms with Crippen LogP contribution in [0, 0.1) is 0 Å². The van der Waals surface area contributed by atoms with Crippen LogP contribution < -0.4 is 0 Å². The molecule has 0 aromatic rings. The van der Waals surface area contributed by atoms with Gasteiger partial charge < -0.3 is 14.2 Å². The highest BCUT2D eigenvalue weighted by molar-refractivity contribution is 5.71. The van der Waals surface area contributed by atoms with Crippen molar-refractivity contribution in [3.05, 3.63) is 85.1 Å². The predicted octanol–water partition coefficient (Wildman–Crippen LogP) is 17.2. The van der Waals surface area contributed by atoms with Gasteiger partial charge in [-0.1, -0.05) is 189 Å². The summed E-state index contributed by atoms with van der Waals surface area (Å²) >= 11 is 0. The van der Waals surface area contributed by atoms with Crippen LogP contribution in [0.3, 0.4) is 0 Å². The van der Waals surface area contributed by atoms with Crippen molar-refractivity contribution in [1.82, 2.24) is 0 Å². The van der Waals surface area contributed by atoms with Crippen LogP contribution in [0.25, 0.3) is 0 Å². The number of hydrogen-bond donors (Lipinski definition) is 0. The second-order valence-electron chi connectivity index (χ2n) is 17.1. The first-order chi connectivity index (χ1) is 31.0. The summed E-state index contributed by atoms with van der Waals surface area (Å²) in [6.07, 6.45) is 65.6. The zero-order valence-electron chi connectivity index (χ0n) is 41.1. The first-order valence-electron chi connectivity index (χ1n) is 26.1. The van der Waals surface area contributed by atoms with Gasteiger partial charge in [0.25, 0.3) is 0 Å². The van der Waals surface area contributed by atoms with E-state index in [1.165, 1.54) is 89.9 Å². The van der Waals surface area contributed by atoms with Crippen molar-refractivity contribution in [2.45, 2.75) is 245 Å². The molecule has 0 aromatic carbocycles. The van der Waals surface area contributed by atoms with Gasteiger partial charge in [0.1, 0.15) is 13.2 Å². The van der Waals surface area contributed by atoms with Crippen molar-refractivity contribution in [1.29, 1.82) is 0 Å². The molecule has 0 spiro atoms. The van der Waals surface area contributed by atoms with Crippen LogP contribution in [0.1, 0.15) is 239 Å². The fourth-order valence-electron chi connectivity index (χ4n) is 6.87. The lowest BCUT2D eigenvalue weighted by Crippen LogP contribution is -2.30. The third kappa shape index (κ3) is 49.5. The van der Waals surface area contributed by atoms with E-state index in [9.17, 15) is 14.4 Å². The average molecular weight is 877 g/mol. The molecule has 0 rings (SSSR count). The molecule has 0 bridgehead atoms. The van der Waals surface area contributed by atoms with Crippen LogP contribution in [0.15, 0.2) is 85.1 Å². The summed E-state index contributed by atoms with van der Waals surface area (Å²) < 4.78 is 16.7. The van der Waals surface area contributed by atoms with Crippen molar-refractivity contribution < 1.29 is 28.6 Å². The van der Waals surface area contributed by atoms with Gasteiger partial charge in [-0.3, -0.25) is 14.4 Å². The summed E-state index contributed by atoms with van der Waals surface area (Å²) in [6.45, 7) is 6.49. The summed E-state index contributed by atoms with van der Waals surface area (Å²) in [6, 6.07) is 0. The van der Waals surface area contributed by atoms with Gasteiger partial charge in [-0.15, -0.1) is 0 Å². The number of allylic oxidation sites excluding steroid dienone is 14. The third-order valence-corrected chi connectivity index (χ3v) is 10.8. The Morgan fingerprint density at radius 2 is 0.587 bits per heavy atom. The lowest BCUT2D eigenvalue weighted by Gasteiger charge is -2.18. The molecule has 0 N–H and O–H groups in total. The molecule has 0 fully saturated rings. The lowest BCUT2D eigenvalue weighted by molar-refractivity contribution is -0.167. The normalized spacial score (nSPS) is 12.7. The molecule has 0 aliphatic heterocycles. The van der Waals surface area contributed by atoms with Gasteiger partial charge in [0, 0.05) is 19.3 Å². The Balaban J connectivity index is 4.51. The Kier molecular flexibility index (Phi) is 48.5. The van der Waals surface area contributed by atoms with Crippen LogP contribution in [-0.2, 0) is 28.6 Å². The Morgan fingerprint density at radius 1 is 0.317 bits per heavy atom. The summed E-state index contributed by atoms with van der Waals surface area (Å²) in [7, 11) is 0. The highest BCUT2D eigenvalue weighted by Crippen LogP contribution is 2.13. The Morgan fingerprint density at radius 3 is 1.00 bits per heavy atom. The molecular formula is C57H96O6. The molecule has 0 amide bonds. The minimum Gasteiger partial charge on any atom is -0.462 e. The number of carbonyl (C=O) groups is 3. The van der Waals surface area contributed by atoms with Crippen molar-refractivity contribution in [2.24, 2.45) is 0 Å². The average Bonchev–Trinajstić information content (AvgIpc) is 3.28. The van der Waals surface area contributed by atoms with E-state index in [0.29, 0.717) is 19.3 Å².